The molecule has 0 radical (unpaired) electrons. The Morgan fingerprint density at radius 2 is 2.13 bits per heavy atom. The quantitative estimate of drug-likeness (QED) is 0.507. The molecule has 3 atom stereocenters. The number of carbonyl (C=O) groups excluding carboxylic acids is 1. The van der Waals surface area contributed by atoms with Crippen LogP contribution in [0, 0.1) is 11.8 Å². The third-order valence-electron chi connectivity index (χ3n) is 5.38. The molecule has 2 bridgehead atoms. The van der Waals surface area contributed by atoms with Crippen LogP contribution in [-0.2, 0) is 4.79 Å². The van der Waals surface area contributed by atoms with Crippen molar-refractivity contribution in [3.8, 4) is 11.8 Å². The van der Waals surface area contributed by atoms with Crippen molar-refractivity contribution in [3.05, 3.63) is 23.9 Å². The van der Waals surface area contributed by atoms with Crippen LogP contribution in [0.4, 0.5) is 19.0 Å². The topological polar surface area (TPSA) is 70.5 Å². The number of alkyl halides is 3. The first-order chi connectivity index (χ1) is 14.3. The maximum atomic E-state index is 13.2. The van der Waals surface area contributed by atoms with E-state index in [-0.39, 0.29) is 40.8 Å². The van der Waals surface area contributed by atoms with E-state index in [1.165, 1.54) is 11.4 Å². The Morgan fingerprint density at radius 3 is 2.90 bits per heavy atom. The molecule has 1 amide bonds. The summed E-state index contributed by atoms with van der Waals surface area (Å²) in [4.78, 5) is 10.9. The summed E-state index contributed by atoms with van der Waals surface area (Å²) in [5, 5.41) is 13.9. The first-order valence-corrected chi connectivity index (χ1v) is 10.7. The van der Waals surface area contributed by atoms with Gasteiger partial charge in [-0.15, -0.1) is 0 Å². The van der Waals surface area contributed by atoms with Crippen LogP contribution in [0.1, 0.15) is 38.3 Å². The Morgan fingerprint density at radius 1 is 1.33 bits per heavy atom. The molecule has 4 heterocycles. The Kier molecular flexibility index (Phi) is 5.84. The zero-order chi connectivity index (χ0) is 21.3. The van der Waals surface area contributed by atoms with Gasteiger partial charge in [-0.1, -0.05) is 12.0 Å². The second kappa shape index (κ2) is 8.40. The van der Waals surface area contributed by atoms with E-state index in [9.17, 15) is 18.0 Å². The summed E-state index contributed by atoms with van der Waals surface area (Å²) in [6.45, 7) is 1.39. The van der Waals surface area contributed by atoms with Gasteiger partial charge in [0.1, 0.15) is 11.5 Å². The number of rotatable bonds is 4. The van der Waals surface area contributed by atoms with Gasteiger partial charge in [-0.3, -0.25) is 4.79 Å². The fraction of sp³-hybridized carbons (Fsp3) is 0.500. The van der Waals surface area contributed by atoms with Crippen molar-refractivity contribution in [1.82, 2.24) is 20.2 Å². The minimum Gasteiger partial charge on any atom is -0.366 e. The average molecular weight is 437 g/mol. The van der Waals surface area contributed by atoms with Crippen LogP contribution in [0.15, 0.2) is 23.1 Å². The van der Waals surface area contributed by atoms with Gasteiger partial charge in [0.2, 0.25) is 5.91 Å². The normalized spacial score (nSPS) is 23.1. The molecule has 3 N–H and O–H groups in total. The summed E-state index contributed by atoms with van der Waals surface area (Å²) in [6, 6.07) is 6.28. The zero-order valence-electron chi connectivity index (χ0n) is 16.3. The highest BCUT2D eigenvalue weighted by atomic mass is 32.2. The summed E-state index contributed by atoms with van der Waals surface area (Å²) in [5.74, 6) is 5.74. The van der Waals surface area contributed by atoms with E-state index in [4.69, 9.17) is 0 Å². The lowest BCUT2D eigenvalue weighted by Gasteiger charge is -2.31. The van der Waals surface area contributed by atoms with Gasteiger partial charge in [0.25, 0.3) is 0 Å². The number of hydrogen-bond donors (Lipinski definition) is 3. The number of thioether (sulfide) groups is 1. The molecule has 6 nitrogen and oxygen atoms in total. The van der Waals surface area contributed by atoms with E-state index < -0.39 is 5.51 Å². The van der Waals surface area contributed by atoms with Crippen molar-refractivity contribution in [1.29, 1.82) is 0 Å². The number of carbonyl (C=O) groups is 1. The Labute approximate surface area is 176 Å². The molecule has 160 valence electrons. The minimum atomic E-state index is -4.47. The summed E-state index contributed by atoms with van der Waals surface area (Å²) < 4.78 is 41.1. The molecular formula is C20H22F3N5OS. The third kappa shape index (κ3) is 4.68. The van der Waals surface area contributed by atoms with E-state index >= 15 is 0 Å². The lowest BCUT2D eigenvalue weighted by Crippen LogP contribution is -2.47. The van der Waals surface area contributed by atoms with Crippen LogP contribution in [0.5, 0.6) is 0 Å². The van der Waals surface area contributed by atoms with Gasteiger partial charge in [0.15, 0.2) is 0 Å². The summed E-state index contributed by atoms with van der Waals surface area (Å²) in [5.41, 5.74) is -4.08. The molecule has 2 fully saturated rings. The Hall–Kier alpha value is -2.38. The number of hydrogen-bond acceptors (Lipinski definition) is 5. The second-order valence-electron chi connectivity index (χ2n) is 7.52. The van der Waals surface area contributed by atoms with E-state index in [0.717, 1.165) is 25.7 Å². The van der Waals surface area contributed by atoms with Crippen LogP contribution in [0.2, 0.25) is 0 Å². The highest BCUT2D eigenvalue weighted by molar-refractivity contribution is 8.00. The Balaban J connectivity index is 1.67. The van der Waals surface area contributed by atoms with Crippen molar-refractivity contribution >= 4 is 29.0 Å². The van der Waals surface area contributed by atoms with Crippen LogP contribution in [0.3, 0.4) is 0 Å². The molecule has 0 aromatic carbocycles. The molecule has 0 saturated carbocycles. The predicted octanol–water partition coefficient (Wildman–Crippen LogP) is 3.13. The largest absolute Gasteiger partial charge is 0.446 e. The fourth-order valence-corrected chi connectivity index (χ4v) is 4.77. The van der Waals surface area contributed by atoms with Gasteiger partial charge < -0.3 is 16.0 Å². The van der Waals surface area contributed by atoms with E-state index in [1.54, 1.807) is 12.1 Å². The maximum Gasteiger partial charge on any atom is 0.446 e. The average Bonchev–Trinajstić information content (AvgIpc) is 3.22. The van der Waals surface area contributed by atoms with Crippen molar-refractivity contribution in [2.24, 2.45) is 0 Å². The molecular weight excluding hydrogens is 415 g/mol. The van der Waals surface area contributed by atoms with E-state index in [2.05, 4.69) is 32.9 Å². The zero-order valence-corrected chi connectivity index (χ0v) is 17.2. The summed E-state index contributed by atoms with van der Waals surface area (Å²) in [7, 11) is 0. The molecule has 2 aromatic rings. The molecule has 10 heteroatoms. The van der Waals surface area contributed by atoms with E-state index in [1.807, 2.05) is 6.07 Å². The number of nitrogens with zero attached hydrogens (tertiary/aromatic N) is 2. The number of aromatic nitrogens is 2. The first kappa shape index (κ1) is 20.9. The van der Waals surface area contributed by atoms with Gasteiger partial charge in [-0.25, -0.2) is 4.52 Å². The van der Waals surface area contributed by atoms with Gasteiger partial charge in [-0.2, -0.15) is 18.3 Å². The molecule has 0 unspecified atom stereocenters. The summed E-state index contributed by atoms with van der Waals surface area (Å²) in [6.07, 6.45) is 4.34. The maximum absolute atomic E-state index is 13.2. The number of halogens is 3. The summed E-state index contributed by atoms with van der Waals surface area (Å²) >= 11 is -0.219. The number of nitrogens with one attached hydrogen (secondary N) is 3. The molecule has 30 heavy (non-hydrogen) atoms. The number of fused-ring (bicyclic) bond motifs is 3. The lowest BCUT2D eigenvalue weighted by molar-refractivity contribution is -0.118. The molecule has 2 aromatic heterocycles. The monoisotopic (exact) mass is 437 g/mol. The molecule has 2 saturated heterocycles. The third-order valence-corrected chi connectivity index (χ3v) is 6.22. The van der Waals surface area contributed by atoms with Crippen molar-refractivity contribution in [2.75, 3.05) is 11.9 Å². The molecule has 0 aliphatic carbocycles. The van der Waals surface area contributed by atoms with Crippen LogP contribution in [0.25, 0.3) is 5.52 Å². The molecule has 2 aliphatic rings. The van der Waals surface area contributed by atoms with Crippen LogP contribution >= 0.6 is 11.8 Å². The van der Waals surface area contributed by atoms with Crippen molar-refractivity contribution in [3.63, 3.8) is 0 Å². The minimum absolute atomic E-state index is 0.0378. The first-order valence-electron chi connectivity index (χ1n) is 9.83. The number of amides is 1. The number of piperidine rings is 1. The predicted molar refractivity (Wildman–Crippen MR) is 109 cm³/mol. The Bertz CT molecular complexity index is 1010. The van der Waals surface area contributed by atoms with Gasteiger partial charge in [-0.05, 0) is 55.5 Å². The highest BCUT2D eigenvalue weighted by Crippen LogP contribution is 2.41. The van der Waals surface area contributed by atoms with Gasteiger partial charge in [0, 0.05) is 25.0 Å². The van der Waals surface area contributed by atoms with Crippen LogP contribution < -0.4 is 16.0 Å². The van der Waals surface area contributed by atoms with Gasteiger partial charge >= 0.3 is 5.51 Å². The van der Waals surface area contributed by atoms with Crippen LogP contribution in [-0.4, -0.2) is 45.7 Å². The molecule has 0 spiro atoms. The smallest absolute Gasteiger partial charge is 0.366 e. The molecule has 4 rings (SSSR count). The van der Waals surface area contributed by atoms with Gasteiger partial charge in [0.05, 0.1) is 17.0 Å². The number of pyridine rings is 1. The highest BCUT2D eigenvalue weighted by Gasteiger charge is 2.36. The SMILES string of the molecule is CC(=O)NCC#Cc1nn2c(N[C@@H]3CC[C@@H]4CC[C@H]3N4)cccc2c1SC(F)(F)F. The van der Waals surface area contributed by atoms with E-state index in [0.29, 0.717) is 23.4 Å². The standard InChI is InChI=1S/C20H22F3N5OS/c1-12(29)24-11-3-4-16-19(30-20(21,22)23)17-5-2-6-18(28(17)27-16)26-15-10-8-13-7-9-14(15)25-13/h2,5-6,13-15,25-26H,7-11H2,1H3,(H,24,29)/t13-,14+,15+/m0/s1. The second-order valence-corrected chi connectivity index (χ2v) is 8.60. The lowest BCUT2D eigenvalue weighted by atomic mass is 10.00. The van der Waals surface area contributed by atoms with Crippen molar-refractivity contribution < 1.29 is 18.0 Å². The molecule has 2 aliphatic heterocycles. The number of anilines is 1. The fourth-order valence-electron chi connectivity index (χ4n) is 4.09. The van der Waals surface area contributed by atoms with Crippen molar-refractivity contribution in [2.45, 2.75) is 61.1 Å².